The molecule has 0 aromatic rings. The Morgan fingerprint density at radius 3 is 2.11 bits per heavy atom. The van der Waals surface area contributed by atoms with Crippen LogP contribution in [0.4, 0.5) is 0 Å². The van der Waals surface area contributed by atoms with Crippen LogP contribution in [0.15, 0.2) is 12.2 Å². The van der Waals surface area contributed by atoms with Crippen LogP contribution in [-0.2, 0) is 23.9 Å². The Morgan fingerprint density at radius 2 is 1.63 bits per heavy atom. The van der Waals surface area contributed by atoms with Crippen molar-refractivity contribution in [1.29, 1.82) is 0 Å². The van der Waals surface area contributed by atoms with Gasteiger partial charge in [0.25, 0.3) is 11.8 Å². The summed E-state index contributed by atoms with van der Waals surface area (Å²) in [5, 5.41) is 0. The third kappa shape index (κ3) is 7.15. The predicted octanol–water partition coefficient (Wildman–Crippen LogP) is 2.30. The average Bonchev–Trinajstić information content (AvgIpc) is 2.83. The van der Waals surface area contributed by atoms with Crippen LogP contribution >= 0.6 is 0 Å². The molecule has 0 saturated carbocycles. The number of esters is 1. The van der Waals surface area contributed by atoms with Crippen LogP contribution in [0.25, 0.3) is 0 Å². The van der Waals surface area contributed by atoms with Crippen LogP contribution in [0.3, 0.4) is 0 Å². The number of amides is 3. The summed E-state index contributed by atoms with van der Waals surface area (Å²) in [5.74, 6) is -1.14. The van der Waals surface area contributed by atoms with Crippen LogP contribution < -0.4 is 0 Å². The van der Waals surface area contributed by atoms with Gasteiger partial charge >= 0.3 is 5.97 Å². The van der Waals surface area contributed by atoms with Crippen LogP contribution in [0.1, 0.15) is 60.3 Å². The van der Waals surface area contributed by atoms with Crippen molar-refractivity contribution in [3.63, 3.8) is 0 Å². The summed E-state index contributed by atoms with van der Waals surface area (Å²) in [7, 11) is 1.63. The van der Waals surface area contributed by atoms with Gasteiger partial charge in [0.05, 0.1) is 0 Å². The highest BCUT2D eigenvalue weighted by Crippen LogP contribution is 2.18. The number of carbonyl (C=O) groups excluding carboxylic acids is 4. The second kappa shape index (κ2) is 9.67. The van der Waals surface area contributed by atoms with Gasteiger partial charge < -0.3 is 9.64 Å². The first-order valence-electron chi connectivity index (χ1n) is 9.46. The van der Waals surface area contributed by atoms with Crippen molar-refractivity contribution in [3.8, 4) is 0 Å². The molecule has 1 aliphatic rings. The lowest BCUT2D eigenvalue weighted by atomic mass is 10.0. The molecule has 0 aromatic heterocycles. The molecule has 7 nitrogen and oxygen atoms in total. The molecule has 1 heterocycles. The molecule has 0 bridgehead atoms. The zero-order chi connectivity index (χ0) is 20.8. The van der Waals surface area contributed by atoms with E-state index in [0.717, 1.165) is 6.42 Å². The van der Waals surface area contributed by atoms with Gasteiger partial charge in [-0.1, -0.05) is 20.3 Å². The predicted molar refractivity (Wildman–Crippen MR) is 102 cm³/mol. The minimum absolute atomic E-state index is 0.0616. The summed E-state index contributed by atoms with van der Waals surface area (Å²) in [4.78, 5) is 50.5. The fraction of sp³-hybridized carbons (Fsp3) is 0.700. The highest BCUT2D eigenvalue weighted by atomic mass is 16.6. The van der Waals surface area contributed by atoms with Gasteiger partial charge in [-0.25, -0.2) is 4.79 Å². The molecule has 27 heavy (non-hydrogen) atoms. The fourth-order valence-electron chi connectivity index (χ4n) is 2.95. The van der Waals surface area contributed by atoms with Gasteiger partial charge in [-0.05, 0) is 39.5 Å². The number of nitrogens with zero attached hydrogens (tertiary/aromatic N) is 2. The summed E-state index contributed by atoms with van der Waals surface area (Å²) < 4.78 is 5.44. The van der Waals surface area contributed by atoms with Crippen LogP contribution in [0, 0.1) is 5.92 Å². The summed E-state index contributed by atoms with van der Waals surface area (Å²) in [6, 6.07) is -0.623. The molecule has 0 saturated heterocycles. The standard InChI is InChI=1S/C20H32N2O5/c1-14(2)18(19(26)27-20(3,4)5)21(6)15(23)10-8-7-9-13-22-16(24)11-12-17(22)25/h11-12,14,18H,7-10,13H2,1-6H3. The molecule has 1 atom stereocenters. The van der Waals surface area contributed by atoms with Gasteiger partial charge in [0.1, 0.15) is 11.6 Å². The maximum absolute atomic E-state index is 12.5. The monoisotopic (exact) mass is 380 g/mol. The molecule has 3 amide bonds. The topological polar surface area (TPSA) is 84.0 Å². The van der Waals surface area contributed by atoms with Gasteiger partial charge in [-0.3, -0.25) is 19.3 Å². The molecule has 152 valence electrons. The fourth-order valence-corrected chi connectivity index (χ4v) is 2.95. The molecule has 0 aliphatic carbocycles. The largest absolute Gasteiger partial charge is 0.458 e. The first kappa shape index (κ1) is 22.9. The number of carbonyl (C=O) groups is 4. The number of hydrogen-bond acceptors (Lipinski definition) is 5. The third-order valence-corrected chi connectivity index (χ3v) is 4.26. The number of hydrogen-bond donors (Lipinski definition) is 0. The van der Waals surface area contributed by atoms with E-state index in [9.17, 15) is 19.2 Å². The van der Waals surface area contributed by atoms with Crippen LogP contribution in [-0.4, -0.2) is 58.7 Å². The molecule has 1 aliphatic heterocycles. The first-order chi connectivity index (χ1) is 12.4. The Balaban J connectivity index is 2.44. The minimum Gasteiger partial charge on any atom is -0.458 e. The number of ether oxygens (including phenoxy) is 1. The highest BCUT2D eigenvalue weighted by molar-refractivity contribution is 6.12. The van der Waals surface area contributed by atoms with E-state index in [4.69, 9.17) is 4.74 Å². The molecule has 0 radical (unpaired) electrons. The van der Waals surface area contributed by atoms with Gasteiger partial charge in [-0.2, -0.15) is 0 Å². The summed E-state index contributed by atoms with van der Waals surface area (Å²) in [5.41, 5.74) is -0.604. The minimum atomic E-state index is -0.623. The summed E-state index contributed by atoms with van der Waals surface area (Å²) in [6.45, 7) is 9.54. The van der Waals surface area contributed by atoms with Gasteiger partial charge in [0.15, 0.2) is 0 Å². The van der Waals surface area contributed by atoms with E-state index < -0.39 is 17.6 Å². The Hall–Kier alpha value is -2.18. The molecule has 7 heteroatoms. The Bertz CT molecular complexity index is 586. The number of rotatable bonds is 9. The van der Waals surface area contributed by atoms with E-state index in [1.54, 1.807) is 27.8 Å². The molecule has 0 aromatic carbocycles. The first-order valence-corrected chi connectivity index (χ1v) is 9.46. The van der Waals surface area contributed by atoms with E-state index in [1.807, 2.05) is 13.8 Å². The zero-order valence-corrected chi connectivity index (χ0v) is 17.3. The molecule has 0 spiro atoms. The van der Waals surface area contributed by atoms with Crippen LogP contribution in [0.2, 0.25) is 0 Å². The van der Waals surface area contributed by atoms with Gasteiger partial charge in [0.2, 0.25) is 5.91 Å². The molecule has 0 N–H and O–H groups in total. The Kier molecular flexibility index (Phi) is 8.19. The van der Waals surface area contributed by atoms with E-state index in [1.165, 1.54) is 22.0 Å². The SMILES string of the molecule is CC(C)C(C(=O)OC(C)(C)C)N(C)C(=O)CCCCCN1C(=O)C=CC1=O. The van der Waals surface area contributed by atoms with E-state index in [0.29, 0.717) is 25.8 Å². The normalized spacial score (nSPS) is 15.4. The van der Waals surface area contributed by atoms with E-state index in [2.05, 4.69) is 0 Å². The van der Waals surface area contributed by atoms with Gasteiger partial charge in [0, 0.05) is 32.2 Å². The number of unbranched alkanes of at least 4 members (excludes halogenated alkanes) is 2. The summed E-state index contributed by atoms with van der Waals surface area (Å²) in [6.07, 6.45) is 4.84. The lowest BCUT2D eigenvalue weighted by Crippen LogP contribution is -2.48. The molecule has 0 fully saturated rings. The molecule has 1 unspecified atom stereocenters. The van der Waals surface area contributed by atoms with Crippen molar-refractivity contribution < 1.29 is 23.9 Å². The summed E-state index contributed by atoms with van der Waals surface area (Å²) >= 11 is 0. The van der Waals surface area contributed by atoms with Crippen molar-refractivity contribution in [2.75, 3.05) is 13.6 Å². The van der Waals surface area contributed by atoms with Gasteiger partial charge in [-0.15, -0.1) is 0 Å². The molecular formula is C20H32N2O5. The lowest BCUT2D eigenvalue weighted by molar-refractivity contribution is -0.166. The number of imide groups is 1. The van der Waals surface area contributed by atoms with Crippen LogP contribution in [0.5, 0.6) is 0 Å². The smallest absolute Gasteiger partial charge is 0.329 e. The Morgan fingerprint density at radius 1 is 1.07 bits per heavy atom. The van der Waals surface area contributed by atoms with E-state index >= 15 is 0 Å². The molecule has 1 rings (SSSR count). The third-order valence-electron chi connectivity index (χ3n) is 4.26. The maximum Gasteiger partial charge on any atom is 0.329 e. The lowest BCUT2D eigenvalue weighted by Gasteiger charge is -2.32. The van der Waals surface area contributed by atoms with Crippen molar-refractivity contribution in [2.45, 2.75) is 71.9 Å². The quantitative estimate of drug-likeness (QED) is 0.348. The average molecular weight is 380 g/mol. The second-order valence-electron chi connectivity index (χ2n) is 8.20. The van der Waals surface area contributed by atoms with Crippen molar-refractivity contribution in [2.24, 2.45) is 5.92 Å². The van der Waals surface area contributed by atoms with E-state index in [-0.39, 0.29) is 23.6 Å². The van der Waals surface area contributed by atoms with Crippen molar-refractivity contribution in [3.05, 3.63) is 12.2 Å². The Labute approximate surface area is 161 Å². The maximum atomic E-state index is 12.5. The zero-order valence-electron chi connectivity index (χ0n) is 17.3. The highest BCUT2D eigenvalue weighted by Gasteiger charge is 2.33. The number of likely N-dealkylation sites (N-methyl/N-ethyl adjacent to an activating group) is 1. The molecular weight excluding hydrogens is 348 g/mol. The van der Waals surface area contributed by atoms with Crippen molar-refractivity contribution in [1.82, 2.24) is 9.80 Å². The van der Waals surface area contributed by atoms with Crippen molar-refractivity contribution >= 4 is 23.7 Å². The second-order valence-corrected chi connectivity index (χ2v) is 8.20.